The van der Waals surface area contributed by atoms with E-state index in [1.165, 1.54) is 7.11 Å². The third-order valence-electron chi connectivity index (χ3n) is 6.64. The highest BCUT2D eigenvalue weighted by molar-refractivity contribution is 6.16. The molecular formula is C32H32N2O6. The number of esters is 1. The lowest BCUT2D eigenvalue weighted by molar-refractivity contribution is -0.136. The fourth-order valence-electron chi connectivity index (χ4n) is 4.42. The number of allylic oxidation sites excluding steroid dienone is 1. The summed E-state index contributed by atoms with van der Waals surface area (Å²) in [6, 6.07) is 23.9. The third-order valence-corrected chi connectivity index (χ3v) is 6.64. The molecule has 1 heterocycles. The first kappa shape index (κ1) is 28.2. The van der Waals surface area contributed by atoms with Gasteiger partial charge in [-0.05, 0) is 60.9 Å². The van der Waals surface area contributed by atoms with Crippen LogP contribution in [0.25, 0.3) is 6.08 Å². The summed E-state index contributed by atoms with van der Waals surface area (Å²) >= 11 is 0. The zero-order chi connectivity index (χ0) is 28.6. The summed E-state index contributed by atoms with van der Waals surface area (Å²) in [4.78, 5) is 40.0. The monoisotopic (exact) mass is 540 g/mol. The van der Waals surface area contributed by atoms with E-state index in [2.05, 4.69) is 5.32 Å². The molecular weight excluding hydrogens is 508 g/mol. The van der Waals surface area contributed by atoms with Gasteiger partial charge in [0, 0.05) is 5.70 Å². The van der Waals surface area contributed by atoms with E-state index in [-0.39, 0.29) is 35.6 Å². The molecule has 3 aromatic rings. The predicted octanol–water partition coefficient (Wildman–Crippen LogP) is 4.82. The molecule has 40 heavy (non-hydrogen) atoms. The molecule has 1 aliphatic rings. The standard InChI is InChI=1S/C32H32N2O6/c1-21(25-8-6-5-7-9-25)33-29(35)20-40-27-16-10-23(11-17-27)18-28-30(32(37)39-4)22(2)34(31(28)36)19-24-12-14-26(38-3)15-13-24/h5-18,21H,19-20H2,1-4H3,(H,33,35)/b28-18-/t21-/m0/s1. The van der Waals surface area contributed by atoms with E-state index in [9.17, 15) is 14.4 Å². The molecule has 8 heteroatoms. The highest BCUT2D eigenvalue weighted by Crippen LogP contribution is 2.33. The number of methoxy groups -OCH3 is 2. The molecule has 0 bridgehead atoms. The Labute approximate surface area is 233 Å². The molecule has 0 radical (unpaired) electrons. The molecule has 2 amide bonds. The van der Waals surface area contributed by atoms with E-state index in [1.807, 2.05) is 61.5 Å². The zero-order valence-electron chi connectivity index (χ0n) is 23.0. The van der Waals surface area contributed by atoms with Crippen molar-refractivity contribution >= 4 is 23.9 Å². The lowest BCUT2D eigenvalue weighted by Crippen LogP contribution is -2.31. The maximum atomic E-state index is 13.4. The number of nitrogens with one attached hydrogen (secondary N) is 1. The van der Waals surface area contributed by atoms with Crippen LogP contribution < -0.4 is 14.8 Å². The quantitative estimate of drug-likeness (QED) is 0.293. The second kappa shape index (κ2) is 12.8. The van der Waals surface area contributed by atoms with E-state index in [0.29, 0.717) is 23.6 Å². The largest absolute Gasteiger partial charge is 0.497 e. The van der Waals surface area contributed by atoms with Gasteiger partial charge < -0.3 is 24.4 Å². The number of hydrogen-bond donors (Lipinski definition) is 1. The fraction of sp³-hybridized carbons (Fsp3) is 0.219. The Bertz CT molecular complexity index is 1430. The lowest BCUT2D eigenvalue weighted by atomic mass is 10.0. The van der Waals surface area contributed by atoms with Crippen LogP contribution in [-0.4, -0.2) is 43.5 Å². The smallest absolute Gasteiger partial charge is 0.340 e. The summed E-state index contributed by atoms with van der Waals surface area (Å²) in [6.07, 6.45) is 1.66. The minimum atomic E-state index is -0.579. The summed E-state index contributed by atoms with van der Waals surface area (Å²) < 4.78 is 15.8. The fourth-order valence-corrected chi connectivity index (χ4v) is 4.42. The Kier molecular flexibility index (Phi) is 9.01. The van der Waals surface area contributed by atoms with E-state index in [1.54, 1.807) is 49.3 Å². The predicted molar refractivity (Wildman–Crippen MR) is 151 cm³/mol. The SMILES string of the molecule is COC(=O)C1=C(C)N(Cc2ccc(OC)cc2)C(=O)/C1=C\c1ccc(OCC(=O)N[C@@H](C)c2ccccc2)cc1. The number of amides is 2. The van der Waals surface area contributed by atoms with Crippen LogP contribution in [0.3, 0.4) is 0 Å². The summed E-state index contributed by atoms with van der Waals surface area (Å²) in [5.41, 5.74) is 3.59. The van der Waals surface area contributed by atoms with E-state index < -0.39 is 5.97 Å². The van der Waals surface area contributed by atoms with Crippen molar-refractivity contribution in [3.05, 3.63) is 112 Å². The van der Waals surface area contributed by atoms with E-state index in [0.717, 1.165) is 16.9 Å². The first-order valence-electron chi connectivity index (χ1n) is 12.8. The number of carbonyl (C=O) groups excluding carboxylic acids is 3. The van der Waals surface area contributed by atoms with Gasteiger partial charge in [-0.2, -0.15) is 0 Å². The van der Waals surface area contributed by atoms with Crippen molar-refractivity contribution in [2.75, 3.05) is 20.8 Å². The van der Waals surface area contributed by atoms with Crippen LogP contribution in [0.5, 0.6) is 11.5 Å². The van der Waals surface area contributed by atoms with Crippen molar-refractivity contribution in [3.8, 4) is 11.5 Å². The Morgan fingerprint density at radius 2 is 1.57 bits per heavy atom. The Morgan fingerprint density at radius 3 is 2.20 bits per heavy atom. The van der Waals surface area contributed by atoms with Gasteiger partial charge in [-0.25, -0.2) is 4.79 Å². The van der Waals surface area contributed by atoms with Gasteiger partial charge in [0.2, 0.25) is 0 Å². The molecule has 0 fully saturated rings. The maximum Gasteiger partial charge on any atom is 0.340 e. The first-order chi connectivity index (χ1) is 19.3. The molecule has 0 spiro atoms. The van der Waals surface area contributed by atoms with Gasteiger partial charge in [0.25, 0.3) is 11.8 Å². The van der Waals surface area contributed by atoms with Crippen LogP contribution >= 0.6 is 0 Å². The number of hydrogen-bond acceptors (Lipinski definition) is 6. The Balaban J connectivity index is 1.44. The van der Waals surface area contributed by atoms with Gasteiger partial charge in [-0.1, -0.05) is 54.6 Å². The van der Waals surface area contributed by atoms with Crippen LogP contribution in [0.1, 0.15) is 36.6 Å². The highest BCUT2D eigenvalue weighted by Gasteiger charge is 2.37. The minimum Gasteiger partial charge on any atom is -0.497 e. The van der Waals surface area contributed by atoms with Crippen LogP contribution in [-0.2, 0) is 25.7 Å². The molecule has 8 nitrogen and oxygen atoms in total. The van der Waals surface area contributed by atoms with Crippen molar-refractivity contribution in [1.82, 2.24) is 10.2 Å². The van der Waals surface area contributed by atoms with Crippen LogP contribution in [0.15, 0.2) is 95.7 Å². The van der Waals surface area contributed by atoms with Crippen molar-refractivity contribution in [3.63, 3.8) is 0 Å². The number of ether oxygens (including phenoxy) is 3. The lowest BCUT2D eigenvalue weighted by Gasteiger charge is -2.18. The van der Waals surface area contributed by atoms with Gasteiger partial charge >= 0.3 is 5.97 Å². The van der Waals surface area contributed by atoms with E-state index in [4.69, 9.17) is 14.2 Å². The molecule has 4 rings (SSSR count). The average molecular weight is 541 g/mol. The number of benzene rings is 3. The number of carbonyl (C=O) groups is 3. The van der Waals surface area contributed by atoms with Crippen LogP contribution in [0.2, 0.25) is 0 Å². The molecule has 1 atom stereocenters. The average Bonchev–Trinajstić information content (AvgIpc) is 3.21. The first-order valence-corrected chi connectivity index (χ1v) is 12.8. The molecule has 0 aromatic heterocycles. The van der Waals surface area contributed by atoms with Crippen molar-refractivity contribution < 1.29 is 28.6 Å². The maximum absolute atomic E-state index is 13.4. The molecule has 0 aliphatic carbocycles. The molecule has 0 saturated carbocycles. The molecule has 1 N–H and O–H groups in total. The normalized spacial score (nSPS) is 14.8. The topological polar surface area (TPSA) is 94.2 Å². The van der Waals surface area contributed by atoms with Gasteiger partial charge in [0.05, 0.1) is 38.0 Å². The summed E-state index contributed by atoms with van der Waals surface area (Å²) in [5.74, 6) is 0.112. The van der Waals surface area contributed by atoms with Gasteiger partial charge in [0.15, 0.2) is 6.61 Å². The van der Waals surface area contributed by atoms with Gasteiger partial charge in [0.1, 0.15) is 11.5 Å². The summed E-state index contributed by atoms with van der Waals surface area (Å²) in [6.45, 7) is 3.81. The summed E-state index contributed by atoms with van der Waals surface area (Å²) in [7, 11) is 2.88. The number of nitrogens with zero attached hydrogens (tertiary/aromatic N) is 1. The zero-order valence-corrected chi connectivity index (χ0v) is 23.0. The Morgan fingerprint density at radius 1 is 0.925 bits per heavy atom. The van der Waals surface area contributed by atoms with Crippen molar-refractivity contribution in [2.24, 2.45) is 0 Å². The minimum absolute atomic E-state index is 0.134. The van der Waals surface area contributed by atoms with Crippen molar-refractivity contribution in [2.45, 2.75) is 26.4 Å². The van der Waals surface area contributed by atoms with Crippen molar-refractivity contribution in [1.29, 1.82) is 0 Å². The van der Waals surface area contributed by atoms with E-state index >= 15 is 0 Å². The second-order valence-electron chi connectivity index (χ2n) is 9.31. The molecule has 0 saturated heterocycles. The summed E-state index contributed by atoms with van der Waals surface area (Å²) in [5, 5.41) is 2.91. The molecule has 3 aromatic carbocycles. The molecule has 206 valence electrons. The Hall–Kier alpha value is -4.85. The molecule has 0 unspecified atom stereocenters. The highest BCUT2D eigenvalue weighted by atomic mass is 16.5. The van der Waals surface area contributed by atoms with Crippen LogP contribution in [0.4, 0.5) is 0 Å². The molecule has 1 aliphatic heterocycles. The second-order valence-corrected chi connectivity index (χ2v) is 9.31. The van der Waals surface area contributed by atoms with Gasteiger partial charge in [-0.15, -0.1) is 0 Å². The van der Waals surface area contributed by atoms with Gasteiger partial charge in [-0.3, -0.25) is 9.59 Å². The number of rotatable bonds is 10. The third kappa shape index (κ3) is 6.58. The van der Waals surface area contributed by atoms with Crippen LogP contribution in [0, 0.1) is 0 Å².